The molecule has 1 amide bonds. The summed E-state index contributed by atoms with van der Waals surface area (Å²) in [4.78, 5) is 34.5. The second-order valence-electron chi connectivity index (χ2n) is 8.79. The van der Waals surface area contributed by atoms with Crippen LogP contribution in [0.1, 0.15) is 44.7 Å². The van der Waals surface area contributed by atoms with Crippen LogP contribution in [0.25, 0.3) is 4.96 Å². The average Bonchev–Trinajstić information content (AvgIpc) is 3.16. The van der Waals surface area contributed by atoms with E-state index in [9.17, 15) is 9.59 Å². The molecule has 30 heavy (non-hydrogen) atoms. The van der Waals surface area contributed by atoms with Crippen LogP contribution in [-0.2, 0) is 4.79 Å². The molecule has 0 aliphatic carbocycles. The third-order valence-corrected chi connectivity index (χ3v) is 7.09. The number of hydrogen-bond acceptors (Lipinski definition) is 7. The Balaban J connectivity index is 1.28. The predicted octanol–water partition coefficient (Wildman–Crippen LogP) is 1.91. The van der Waals surface area contributed by atoms with Gasteiger partial charge in [-0.2, -0.15) is 4.52 Å². The number of rotatable bonds is 6. The molecular weight excluding hydrogens is 400 g/mol. The Morgan fingerprint density at radius 2 is 2.10 bits per heavy atom. The van der Waals surface area contributed by atoms with Gasteiger partial charge >= 0.3 is 0 Å². The average molecular weight is 433 g/mol. The number of fused-ring (bicyclic) bond motifs is 1. The third-order valence-electron chi connectivity index (χ3n) is 6.12. The fourth-order valence-corrected chi connectivity index (χ4v) is 5.54. The van der Waals surface area contributed by atoms with Gasteiger partial charge in [0, 0.05) is 37.9 Å². The lowest BCUT2D eigenvalue weighted by molar-refractivity contribution is -0.125. The summed E-state index contributed by atoms with van der Waals surface area (Å²) in [6.07, 6.45) is 5.47. The number of aromatic nitrogens is 3. The zero-order valence-corrected chi connectivity index (χ0v) is 18.8. The number of hydrogen-bond donors (Lipinski definition) is 1. The lowest BCUT2D eigenvalue weighted by atomic mass is 9.97. The van der Waals surface area contributed by atoms with Gasteiger partial charge in [-0.3, -0.25) is 9.59 Å². The zero-order chi connectivity index (χ0) is 21.1. The summed E-state index contributed by atoms with van der Waals surface area (Å²) >= 11 is 1.41. The van der Waals surface area contributed by atoms with Crippen LogP contribution in [0.2, 0.25) is 0 Å². The van der Waals surface area contributed by atoms with E-state index in [2.05, 4.69) is 32.1 Å². The van der Waals surface area contributed by atoms with Gasteiger partial charge in [0.25, 0.3) is 5.56 Å². The number of nitrogens with one attached hydrogen (secondary N) is 1. The Morgan fingerprint density at radius 1 is 1.27 bits per heavy atom. The van der Waals surface area contributed by atoms with Crippen molar-refractivity contribution < 1.29 is 4.79 Å². The van der Waals surface area contributed by atoms with Crippen molar-refractivity contribution in [2.24, 2.45) is 11.8 Å². The van der Waals surface area contributed by atoms with E-state index in [1.165, 1.54) is 47.8 Å². The second-order valence-corrected chi connectivity index (χ2v) is 9.73. The topological polar surface area (TPSA) is 82.8 Å². The van der Waals surface area contributed by atoms with Crippen LogP contribution in [0.3, 0.4) is 0 Å². The third kappa shape index (κ3) is 5.00. The van der Waals surface area contributed by atoms with Gasteiger partial charge < -0.3 is 15.1 Å². The molecule has 0 bridgehead atoms. The predicted molar refractivity (Wildman–Crippen MR) is 119 cm³/mol. The van der Waals surface area contributed by atoms with Gasteiger partial charge in [0.2, 0.25) is 16.0 Å². The lowest BCUT2D eigenvalue weighted by Crippen LogP contribution is -2.44. The number of carbonyl (C=O) groups excluding carboxylic acids is 1. The minimum Gasteiger partial charge on any atom is -0.356 e. The van der Waals surface area contributed by atoms with Crippen LogP contribution >= 0.6 is 11.3 Å². The molecule has 2 aromatic heterocycles. The van der Waals surface area contributed by atoms with E-state index in [4.69, 9.17) is 0 Å². The summed E-state index contributed by atoms with van der Waals surface area (Å²) in [5, 5.41) is 8.36. The van der Waals surface area contributed by atoms with E-state index in [0.717, 1.165) is 49.9 Å². The highest BCUT2D eigenvalue weighted by Crippen LogP contribution is 2.27. The maximum absolute atomic E-state index is 12.7. The molecule has 2 aliphatic heterocycles. The summed E-state index contributed by atoms with van der Waals surface area (Å²) in [6.45, 7) is 9.80. The van der Waals surface area contributed by atoms with E-state index in [1.807, 2.05) is 6.92 Å². The number of carbonyl (C=O) groups is 1. The molecule has 0 unspecified atom stereocenters. The molecule has 2 fully saturated rings. The number of amides is 1. The van der Waals surface area contributed by atoms with Crippen molar-refractivity contribution >= 4 is 27.3 Å². The number of aryl methyl sites for hydroxylation is 1. The standard InChI is InChI=1S/C21H32N6O2S/c1-15-6-3-9-25(13-15)10-5-8-22-19(29)17-7-4-11-26(14-17)21-24-27-18(28)12-16(2)23-20(27)30-21/h12,15,17H,3-11,13-14H2,1-2H3,(H,22,29)/t15-,17+/m1/s1. The Labute approximate surface area is 181 Å². The van der Waals surface area contributed by atoms with E-state index in [1.54, 1.807) is 0 Å². The van der Waals surface area contributed by atoms with Crippen LogP contribution in [0.5, 0.6) is 0 Å². The molecule has 164 valence electrons. The van der Waals surface area contributed by atoms with Crippen molar-refractivity contribution in [2.75, 3.05) is 44.2 Å². The van der Waals surface area contributed by atoms with Gasteiger partial charge in [-0.25, -0.2) is 4.98 Å². The normalized spacial score (nSPS) is 23.1. The first-order chi connectivity index (χ1) is 14.5. The van der Waals surface area contributed by atoms with Crippen molar-refractivity contribution in [3.8, 4) is 0 Å². The van der Waals surface area contributed by atoms with E-state index in [-0.39, 0.29) is 17.4 Å². The van der Waals surface area contributed by atoms with Gasteiger partial charge in [0.15, 0.2) is 0 Å². The first-order valence-corrected chi connectivity index (χ1v) is 11.9. The Bertz CT molecular complexity index is 941. The molecule has 9 heteroatoms. The van der Waals surface area contributed by atoms with Gasteiger partial charge in [-0.15, -0.1) is 5.10 Å². The Hall–Kier alpha value is -2.00. The van der Waals surface area contributed by atoms with Gasteiger partial charge in [-0.05, 0) is 58.0 Å². The SMILES string of the molecule is Cc1cc(=O)n2nc(N3CCC[C@H](C(=O)NCCCN4CCC[C@@H](C)C4)C3)sc2n1. The van der Waals surface area contributed by atoms with Crippen molar-refractivity contribution in [2.45, 2.75) is 46.0 Å². The molecule has 1 N–H and O–H groups in total. The van der Waals surface area contributed by atoms with Crippen LogP contribution in [-0.4, -0.2) is 64.7 Å². The number of piperidine rings is 2. The highest BCUT2D eigenvalue weighted by molar-refractivity contribution is 7.20. The molecular formula is C21H32N6O2S. The van der Waals surface area contributed by atoms with Crippen molar-refractivity contribution in [3.63, 3.8) is 0 Å². The van der Waals surface area contributed by atoms with Crippen LogP contribution in [0.15, 0.2) is 10.9 Å². The first-order valence-electron chi connectivity index (χ1n) is 11.1. The molecule has 0 saturated carbocycles. The highest BCUT2D eigenvalue weighted by atomic mass is 32.1. The molecule has 2 aromatic rings. The zero-order valence-electron chi connectivity index (χ0n) is 18.0. The minimum atomic E-state index is -0.158. The van der Waals surface area contributed by atoms with Crippen molar-refractivity contribution in [1.29, 1.82) is 0 Å². The largest absolute Gasteiger partial charge is 0.356 e. The summed E-state index contributed by atoms with van der Waals surface area (Å²) in [5.74, 6) is 0.894. The quantitative estimate of drug-likeness (QED) is 0.702. The van der Waals surface area contributed by atoms with Crippen molar-refractivity contribution in [1.82, 2.24) is 24.8 Å². The fraction of sp³-hybridized carbons (Fsp3) is 0.714. The molecule has 4 heterocycles. The molecule has 8 nitrogen and oxygen atoms in total. The monoisotopic (exact) mass is 432 g/mol. The molecule has 2 saturated heterocycles. The molecule has 0 aromatic carbocycles. The maximum atomic E-state index is 12.7. The van der Waals surface area contributed by atoms with E-state index < -0.39 is 0 Å². The van der Waals surface area contributed by atoms with Gasteiger partial charge in [0.05, 0.1) is 5.92 Å². The summed E-state index contributed by atoms with van der Waals surface area (Å²) in [7, 11) is 0. The molecule has 2 atom stereocenters. The summed E-state index contributed by atoms with van der Waals surface area (Å²) < 4.78 is 1.36. The van der Waals surface area contributed by atoms with Crippen molar-refractivity contribution in [3.05, 3.63) is 22.1 Å². The lowest BCUT2D eigenvalue weighted by Gasteiger charge is -2.32. The minimum absolute atomic E-state index is 0.0350. The second kappa shape index (κ2) is 9.43. The van der Waals surface area contributed by atoms with Crippen LogP contribution in [0.4, 0.5) is 5.13 Å². The number of likely N-dealkylation sites (tertiary alicyclic amines) is 1. The van der Waals surface area contributed by atoms with Gasteiger partial charge in [0.1, 0.15) is 0 Å². The summed E-state index contributed by atoms with van der Waals surface area (Å²) in [6, 6.07) is 1.49. The highest BCUT2D eigenvalue weighted by Gasteiger charge is 2.28. The Morgan fingerprint density at radius 3 is 2.93 bits per heavy atom. The number of nitrogens with zero attached hydrogens (tertiary/aromatic N) is 5. The van der Waals surface area contributed by atoms with E-state index >= 15 is 0 Å². The first kappa shape index (κ1) is 21.2. The van der Waals surface area contributed by atoms with Gasteiger partial charge in [-0.1, -0.05) is 18.3 Å². The van der Waals surface area contributed by atoms with Crippen LogP contribution < -0.4 is 15.8 Å². The smallest absolute Gasteiger partial charge is 0.275 e. The molecule has 0 spiro atoms. The van der Waals surface area contributed by atoms with E-state index in [0.29, 0.717) is 17.2 Å². The Kier molecular flexibility index (Phi) is 6.67. The summed E-state index contributed by atoms with van der Waals surface area (Å²) in [5.41, 5.74) is 0.541. The number of anilines is 1. The molecule has 2 aliphatic rings. The molecule has 4 rings (SSSR count). The van der Waals surface area contributed by atoms with Crippen LogP contribution in [0, 0.1) is 18.8 Å². The maximum Gasteiger partial charge on any atom is 0.275 e. The fourth-order valence-electron chi connectivity index (χ4n) is 4.55. The molecule has 0 radical (unpaired) electrons.